The first-order valence-corrected chi connectivity index (χ1v) is 5.61. The van der Waals surface area contributed by atoms with Crippen molar-refractivity contribution in [1.29, 1.82) is 0 Å². The lowest BCUT2D eigenvalue weighted by Crippen LogP contribution is -2.01. The van der Waals surface area contributed by atoms with Gasteiger partial charge in [0.25, 0.3) is 0 Å². The van der Waals surface area contributed by atoms with Crippen LogP contribution >= 0.6 is 0 Å². The normalized spacial score (nSPS) is 12.7. The standard InChI is InChI=1S/C13H19FO/c1-2-3-10-15-11-9-13(14)12-7-5-4-6-8-12/h4-8,13H,2-3,9-11H2,1H3. The first-order chi connectivity index (χ1) is 7.34. The fourth-order valence-corrected chi connectivity index (χ4v) is 1.36. The van der Waals surface area contributed by atoms with Crippen molar-refractivity contribution in [3.05, 3.63) is 35.9 Å². The van der Waals surface area contributed by atoms with E-state index < -0.39 is 6.17 Å². The van der Waals surface area contributed by atoms with Gasteiger partial charge >= 0.3 is 0 Å². The van der Waals surface area contributed by atoms with Gasteiger partial charge in [0.2, 0.25) is 0 Å². The molecular formula is C13H19FO. The highest BCUT2D eigenvalue weighted by Crippen LogP contribution is 2.20. The molecule has 0 aliphatic heterocycles. The van der Waals surface area contributed by atoms with Crippen molar-refractivity contribution in [1.82, 2.24) is 0 Å². The van der Waals surface area contributed by atoms with E-state index in [1.807, 2.05) is 30.3 Å². The summed E-state index contributed by atoms with van der Waals surface area (Å²) in [6.07, 6.45) is 1.74. The molecule has 0 amide bonds. The summed E-state index contributed by atoms with van der Waals surface area (Å²) in [6, 6.07) is 9.25. The van der Waals surface area contributed by atoms with Crippen molar-refractivity contribution in [3.63, 3.8) is 0 Å². The molecular weight excluding hydrogens is 191 g/mol. The second-order valence-corrected chi connectivity index (χ2v) is 3.63. The number of rotatable bonds is 7. The maximum absolute atomic E-state index is 13.6. The van der Waals surface area contributed by atoms with Crippen molar-refractivity contribution < 1.29 is 9.13 Å². The van der Waals surface area contributed by atoms with Gasteiger partial charge in [0.1, 0.15) is 6.17 Å². The lowest BCUT2D eigenvalue weighted by atomic mass is 10.1. The summed E-state index contributed by atoms with van der Waals surface area (Å²) in [5.41, 5.74) is 0.747. The molecule has 0 spiro atoms. The Labute approximate surface area is 91.3 Å². The number of benzene rings is 1. The van der Waals surface area contributed by atoms with Gasteiger partial charge in [-0.05, 0) is 12.0 Å². The van der Waals surface area contributed by atoms with Crippen LogP contribution in [-0.4, -0.2) is 13.2 Å². The van der Waals surface area contributed by atoms with E-state index in [9.17, 15) is 4.39 Å². The summed E-state index contributed by atoms with van der Waals surface area (Å²) >= 11 is 0. The molecule has 0 aromatic heterocycles. The molecule has 0 heterocycles. The molecule has 2 heteroatoms. The molecule has 84 valence electrons. The molecule has 15 heavy (non-hydrogen) atoms. The van der Waals surface area contributed by atoms with Crippen LogP contribution in [0.2, 0.25) is 0 Å². The Kier molecular flexibility index (Phi) is 6.02. The summed E-state index contributed by atoms with van der Waals surface area (Å²) in [5.74, 6) is 0. The Hall–Kier alpha value is -0.890. The van der Waals surface area contributed by atoms with Gasteiger partial charge in [-0.1, -0.05) is 43.7 Å². The van der Waals surface area contributed by atoms with Crippen LogP contribution in [0.25, 0.3) is 0 Å². The van der Waals surface area contributed by atoms with E-state index in [0.29, 0.717) is 13.0 Å². The second-order valence-electron chi connectivity index (χ2n) is 3.63. The lowest BCUT2D eigenvalue weighted by Gasteiger charge is -2.08. The molecule has 1 aromatic rings. The van der Waals surface area contributed by atoms with Crippen LogP contribution in [0.15, 0.2) is 30.3 Å². The third kappa shape index (κ3) is 4.93. The molecule has 1 nitrogen and oxygen atoms in total. The fraction of sp³-hybridized carbons (Fsp3) is 0.538. The van der Waals surface area contributed by atoms with E-state index in [4.69, 9.17) is 4.74 Å². The zero-order chi connectivity index (χ0) is 10.9. The largest absolute Gasteiger partial charge is 0.381 e. The van der Waals surface area contributed by atoms with Crippen molar-refractivity contribution in [2.24, 2.45) is 0 Å². The monoisotopic (exact) mass is 210 g/mol. The number of hydrogen-bond donors (Lipinski definition) is 0. The number of unbranched alkanes of at least 4 members (excludes halogenated alkanes) is 1. The van der Waals surface area contributed by atoms with Crippen LogP contribution in [0, 0.1) is 0 Å². The topological polar surface area (TPSA) is 9.23 Å². The molecule has 1 aromatic carbocycles. The maximum Gasteiger partial charge on any atom is 0.127 e. The van der Waals surface area contributed by atoms with E-state index in [1.54, 1.807) is 0 Å². The molecule has 1 atom stereocenters. The zero-order valence-electron chi connectivity index (χ0n) is 9.29. The van der Waals surface area contributed by atoms with Crippen molar-refractivity contribution in [2.75, 3.05) is 13.2 Å². The van der Waals surface area contributed by atoms with Gasteiger partial charge in [0.15, 0.2) is 0 Å². The number of hydrogen-bond acceptors (Lipinski definition) is 1. The quantitative estimate of drug-likeness (QED) is 0.620. The van der Waals surface area contributed by atoms with Gasteiger partial charge < -0.3 is 4.74 Å². The van der Waals surface area contributed by atoms with E-state index in [0.717, 1.165) is 25.0 Å². The molecule has 1 rings (SSSR count). The second kappa shape index (κ2) is 7.41. The summed E-state index contributed by atoms with van der Waals surface area (Å²) in [5, 5.41) is 0. The minimum absolute atomic E-state index is 0.452. The van der Waals surface area contributed by atoms with Crippen LogP contribution < -0.4 is 0 Å². The minimum Gasteiger partial charge on any atom is -0.381 e. The van der Waals surface area contributed by atoms with Crippen molar-refractivity contribution in [3.8, 4) is 0 Å². The predicted molar refractivity (Wildman–Crippen MR) is 60.6 cm³/mol. The molecule has 1 unspecified atom stereocenters. The highest BCUT2D eigenvalue weighted by Gasteiger charge is 2.08. The SMILES string of the molecule is CCCCOCCC(F)c1ccccc1. The van der Waals surface area contributed by atoms with E-state index in [2.05, 4.69) is 6.92 Å². The third-order valence-electron chi connectivity index (χ3n) is 2.32. The molecule has 0 aliphatic rings. The Balaban J connectivity index is 2.16. The minimum atomic E-state index is -0.896. The molecule has 0 saturated heterocycles. The van der Waals surface area contributed by atoms with Gasteiger partial charge in [-0.3, -0.25) is 0 Å². The van der Waals surface area contributed by atoms with Gasteiger partial charge in [0, 0.05) is 19.6 Å². The van der Waals surface area contributed by atoms with Gasteiger partial charge in [-0.15, -0.1) is 0 Å². The molecule has 0 radical (unpaired) electrons. The molecule has 0 N–H and O–H groups in total. The first-order valence-electron chi connectivity index (χ1n) is 5.61. The van der Waals surface area contributed by atoms with Gasteiger partial charge in [-0.2, -0.15) is 0 Å². The van der Waals surface area contributed by atoms with Crippen LogP contribution in [0.5, 0.6) is 0 Å². The Morgan fingerprint density at radius 2 is 1.93 bits per heavy atom. The Morgan fingerprint density at radius 3 is 2.60 bits per heavy atom. The smallest absolute Gasteiger partial charge is 0.127 e. The van der Waals surface area contributed by atoms with Gasteiger partial charge in [0.05, 0.1) is 0 Å². The van der Waals surface area contributed by atoms with Crippen LogP contribution in [0.1, 0.15) is 37.9 Å². The average Bonchev–Trinajstić information content (AvgIpc) is 2.30. The fourth-order valence-electron chi connectivity index (χ4n) is 1.36. The van der Waals surface area contributed by atoms with E-state index >= 15 is 0 Å². The highest BCUT2D eigenvalue weighted by atomic mass is 19.1. The molecule has 0 saturated carbocycles. The first kappa shape index (κ1) is 12.2. The van der Waals surface area contributed by atoms with Crippen LogP contribution in [0.4, 0.5) is 4.39 Å². The summed E-state index contributed by atoms with van der Waals surface area (Å²) in [7, 11) is 0. The Bertz CT molecular complexity index is 248. The van der Waals surface area contributed by atoms with Crippen molar-refractivity contribution >= 4 is 0 Å². The van der Waals surface area contributed by atoms with Gasteiger partial charge in [-0.25, -0.2) is 4.39 Å². The average molecular weight is 210 g/mol. The summed E-state index contributed by atoms with van der Waals surface area (Å²) in [4.78, 5) is 0. The summed E-state index contributed by atoms with van der Waals surface area (Å²) < 4.78 is 18.9. The predicted octanol–water partition coefficient (Wildman–Crippen LogP) is 3.90. The van der Waals surface area contributed by atoms with E-state index in [-0.39, 0.29) is 0 Å². The number of halogens is 1. The molecule has 0 bridgehead atoms. The third-order valence-corrected chi connectivity index (χ3v) is 2.32. The maximum atomic E-state index is 13.6. The lowest BCUT2D eigenvalue weighted by molar-refractivity contribution is 0.109. The zero-order valence-corrected chi connectivity index (χ0v) is 9.29. The number of ether oxygens (including phenoxy) is 1. The molecule has 0 fully saturated rings. The molecule has 0 aliphatic carbocycles. The van der Waals surface area contributed by atoms with Crippen LogP contribution in [0.3, 0.4) is 0 Å². The van der Waals surface area contributed by atoms with E-state index in [1.165, 1.54) is 0 Å². The van der Waals surface area contributed by atoms with Crippen molar-refractivity contribution in [2.45, 2.75) is 32.4 Å². The highest BCUT2D eigenvalue weighted by molar-refractivity contribution is 5.17. The number of alkyl halides is 1. The Morgan fingerprint density at radius 1 is 1.20 bits per heavy atom. The van der Waals surface area contributed by atoms with Crippen LogP contribution in [-0.2, 0) is 4.74 Å². The summed E-state index contributed by atoms with van der Waals surface area (Å²) in [6.45, 7) is 3.37.